The molecule has 0 aliphatic heterocycles. The van der Waals surface area contributed by atoms with E-state index in [2.05, 4.69) is 0 Å². The quantitative estimate of drug-likeness (QED) is 0.861. The minimum Gasteiger partial charge on any atom is -0.481 e. The first kappa shape index (κ1) is 12.3. The van der Waals surface area contributed by atoms with Gasteiger partial charge < -0.3 is 5.11 Å². The monoisotopic (exact) mass is 230 g/mol. The van der Waals surface area contributed by atoms with Crippen LogP contribution in [0.3, 0.4) is 0 Å². The van der Waals surface area contributed by atoms with Crippen LogP contribution in [0, 0.1) is 5.82 Å². The zero-order chi connectivity index (χ0) is 12.1. The van der Waals surface area contributed by atoms with Crippen molar-refractivity contribution in [1.82, 2.24) is 0 Å². The first-order valence-electron chi connectivity index (χ1n) is 4.46. The van der Waals surface area contributed by atoms with Crippen molar-refractivity contribution >= 4 is 12.0 Å². The van der Waals surface area contributed by atoms with Crippen LogP contribution in [0.1, 0.15) is 24.0 Å². The Bertz CT molecular complexity index is 414. The first-order valence-corrected chi connectivity index (χ1v) is 4.46. The fourth-order valence-corrected chi connectivity index (χ4v) is 1.12. The van der Waals surface area contributed by atoms with E-state index in [-0.39, 0.29) is 6.42 Å². The van der Waals surface area contributed by atoms with E-state index in [9.17, 15) is 18.0 Å². The largest absolute Gasteiger partial charge is 0.481 e. The van der Waals surface area contributed by atoms with Crippen molar-refractivity contribution in [1.29, 1.82) is 0 Å². The van der Waals surface area contributed by atoms with Gasteiger partial charge in [0.2, 0.25) is 0 Å². The molecule has 1 aromatic carbocycles. The number of benzene rings is 1. The van der Waals surface area contributed by atoms with Crippen LogP contribution in [-0.4, -0.2) is 11.1 Å². The molecule has 0 amide bonds. The number of carbonyl (C=O) groups is 1. The summed E-state index contributed by atoms with van der Waals surface area (Å²) in [5.41, 5.74) is -0.307. The van der Waals surface area contributed by atoms with E-state index in [4.69, 9.17) is 5.11 Å². The van der Waals surface area contributed by atoms with E-state index in [0.29, 0.717) is 5.56 Å². The summed E-state index contributed by atoms with van der Waals surface area (Å²) in [7, 11) is 0. The van der Waals surface area contributed by atoms with Gasteiger partial charge in [-0.1, -0.05) is 18.2 Å². The van der Waals surface area contributed by atoms with Crippen LogP contribution in [0.2, 0.25) is 0 Å². The summed E-state index contributed by atoms with van der Waals surface area (Å²) in [5, 5.41) is 8.34. The van der Waals surface area contributed by atoms with E-state index in [1.807, 2.05) is 0 Å². The normalized spacial score (nSPS) is 11.2. The first-order chi connectivity index (χ1) is 7.50. The van der Waals surface area contributed by atoms with Crippen LogP contribution in [0.15, 0.2) is 24.3 Å². The Kier molecular flexibility index (Phi) is 4.10. The maximum absolute atomic E-state index is 13.1. The summed E-state index contributed by atoms with van der Waals surface area (Å²) in [5.74, 6) is -2.01. The van der Waals surface area contributed by atoms with Crippen molar-refractivity contribution < 1.29 is 23.1 Å². The second-order valence-electron chi connectivity index (χ2n) is 3.08. The lowest BCUT2D eigenvalue weighted by molar-refractivity contribution is -0.135. The smallest absolute Gasteiger partial charge is 0.307 e. The summed E-state index contributed by atoms with van der Waals surface area (Å²) >= 11 is 0. The van der Waals surface area contributed by atoms with Gasteiger partial charge in [0.05, 0.1) is 12.0 Å². The molecule has 0 spiro atoms. The second-order valence-corrected chi connectivity index (χ2v) is 3.08. The van der Waals surface area contributed by atoms with Crippen molar-refractivity contribution in [2.24, 2.45) is 0 Å². The third-order valence-corrected chi connectivity index (χ3v) is 1.86. The molecule has 0 atom stereocenters. The Hall–Kier alpha value is -1.78. The Morgan fingerprint density at radius 2 is 2.12 bits per heavy atom. The minimum atomic E-state index is -2.85. The molecule has 0 aliphatic rings. The molecule has 0 saturated carbocycles. The Balaban J connectivity index is 2.81. The van der Waals surface area contributed by atoms with Crippen molar-refractivity contribution in [2.75, 3.05) is 0 Å². The van der Waals surface area contributed by atoms with Crippen LogP contribution in [0.5, 0.6) is 0 Å². The van der Waals surface area contributed by atoms with E-state index in [1.165, 1.54) is 18.2 Å². The number of carboxylic acids is 1. The highest BCUT2D eigenvalue weighted by Gasteiger charge is 2.12. The average molecular weight is 230 g/mol. The fraction of sp³-hybridized carbons (Fsp3) is 0.182. The highest BCUT2D eigenvalue weighted by atomic mass is 19.3. The topological polar surface area (TPSA) is 37.3 Å². The highest BCUT2D eigenvalue weighted by Crippen LogP contribution is 2.22. The van der Waals surface area contributed by atoms with Crippen molar-refractivity contribution in [3.05, 3.63) is 41.2 Å². The summed E-state index contributed by atoms with van der Waals surface area (Å²) in [6, 6.07) is 3.24. The zero-order valence-electron chi connectivity index (χ0n) is 8.16. The maximum atomic E-state index is 13.1. The Morgan fingerprint density at radius 3 is 2.62 bits per heavy atom. The third-order valence-electron chi connectivity index (χ3n) is 1.86. The number of alkyl halides is 2. The summed E-state index contributed by atoms with van der Waals surface area (Å²) < 4.78 is 37.4. The maximum Gasteiger partial charge on any atom is 0.307 e. The number of aliphatic carboxylic acids is 1. The molecular formula is C11H9F3O2. The van der Waals surface area contributed by atoms with Crippen molar-refractivity contribution in [3.8, 4) is 0 Å². The van der Waals surface area contributed by atoms with Gasteiger partial charge in [-0.05, 0) is 17.7 Å². The van der Waals surface area contributed by atoms with Crippen LogP contribution < -0.4 is 0 Å². The lowest BCUT2D eigenvalue weighted by atomic mass is 10.1. The molecule has 0 radical (unpaired) electrons. The van der Waals surface area contributed by atoms with E-state index < -0.39 is 23.8 Å². The molecule has 0 aromatic heterocycles. The van der Waals surface area contributed by atoms with Crippen LogP contribution in [0.25, 0.3) is 6.08 Å². The number of halogens is 3. The van der Waals surface area contributed by atoms with Crippen LogP contribution >= 0.6 is 0 Å². The molecule has 0 unspecified atom stereocenters. The second kappa shape index (κ2) is 5.34. The fourth-order valence-electron chi connectivity index (χ4n) is 1.12. The predicted molar refractivity (Wildman–Crippen MR) is 52.6 cm³/mol. The van der Waals surface area contributed by atoms with Crippen LogP contribution in [0.4, 0.5) is 13.2 Å². The molecule has 0 fully saturated rings. The standard InChI is InChI=1S/C11H9F3O2/c12-9-6-7(2-1-3-10(15)16)4-5-8(9)11(13)14/h1-2,4-6,11H,3H2,(H,15,16). The molecule has 5 heteroatoms. The van der Waals surface area contributed by atoms with Gasteiger partial charge in [0.15, 0.2) is 0 Å². The Morgan fingerprint density at radius 1 is 1.44 bits per heavy atom. The van der Waals surface area contributed by atoms with E-state index >= 15 is 0 Å². The van der Waals surface area contributed by atoms with Gasteiger partial charge in [-0.2, -0.15) is 0 Å². The molecule has 0 bridgehead atoms. The van der Waals surface area contributed by atoms with Gasteiger partial charge in [-0.15, -0.1) is 0 Å². The predicted octanol–water partition coefficient (Wildman–Crippen LogP) is 3.25. The van der Waals surface area contributed by atoms with Gasteiger partial charge in [-0.3, -0.25) is 4.79 Å². The summed E-state index contributed by atoms with van der Waals surface area (Å²) in [6.07, 6.45) is -0.360. The molecule has 2 nitrogen and oxygen atoms in total. The van der Waals surface area contributed by atoms with Gasteiger partial charge in [0.25, 0.3) is 6.43 Å². The minimum absolute atomic E-state index is 0.196. The lowest BCUT2D eigenvalue weighted by Crippen LogP contribution is -1.91. The molecular weight excluding hydrogens is 221 g/mol. The SMILES string of the molecule is O=C(O)CC=Cc1ccc(C(F)F)c(F)c1. The lowest BCUT2D eigenvalue weighted by Gasteiger charge is -2.02. The highest BCUT2D eigenvalue weighted by molar-refractivity contribution is 5.70. The van der Waals surface area contributed by atoms with Gasteiger partial charge in [0.1, 0.15) is 5.82 Å². The molecule has 1 N–H and O–H groups in total. The van der Waals surface area contributed by atoms with Gasteiger partial charge in [-0.25, -0.2) is 13.2 Å². The van der Waals surface area contributed by atoms with E-state index in [0.717, 1.165) is 12.1 Å². The third kappa shape index (κ3) is 3.42. The van der Waals surface area contributed by atoms with Crippen molar-refractivity contribution in [3.63, 3.8) is 0 Å². The summed E-state index contributed by atoms with van der Waals surface area (Å²) in [4.78, 5) is 10.2. The molecule has 16 heavy (non-hydrogen) atoms. The molecule has 0 heterocycles. The zero-order valence-corrected chi connectivity index (χ0v) is 8.16. The van der Waals surface area contributed by atoms with Gasteiger partial charge in [0, 0.05) is 0 Å². The number of hydrogen-bond donors (Lipinski definition) is 1. The molecule has 86 valence electrons. The summed E-state index contributed by atoms with van der Waals surface area (Å²) in [6.45, 7) is 0. The molecule has 1 rings (SSSR count). The number of hydrogen-bond acceptors (Lipinski definition) is 1. The average Bonchev–Trinajstić information content (AvgIpc) is 2.16. The van der Waals surface area contributed by atoms with Crippen molar-refractivity contribution in [2.45, 2.75) is 12.8 Å². The number of carboxylic acid groups (broad SMARTS) is 1. The molecule has 0 saturated heterocycles. The molecule has 0 aliphatic carbocycles. The van der Waals surface area contributed by atoms with Gasteiger partial charge >= 0.3 is 5.97 Å². The Labute approximate surface area is 90.0 Å². The van der Waals surface area contributed by atoms with E-state index in [1.54, 1.807) is 0 Å². The van der Waals surface area contributed by atoms with Crippen LogP contribution in [-0.2, 0) is 4.79 Å². The molecule has 1 aromatic rings. The number of rotatable bonds is 4.